The van der Waals surface area contributed by atoms with Crippen LogP contribution in [-0.4, -0.2) is 91.8 Å². The average molecular weight is 516 g/mol. The Labute approximate surface area is 222 Å². The molecule has 4 aliphatic heterocycles. The molecule has 5 aliphatic rings. The van der Waals surface area contributed by atoms with Crippen molar-refractivity contribution in [2.75, 3.05) is 46.4 Å². The van der Waals surface area contributed by atoms with Crippen LogP contribution in [-0.2, 0) is 18.9 Å². The van der Waals surface area contributed by atoms with Gasteiger partial charge in [0.2, 0.25) is 0 Å². The van der Waals surface area contributed by atoms with Gasteiger partial charge < -0.3 is 28.7 Å². The summed E-state index contributed by atoms with van der Waals surface area (Å²) in [6.07, 6.45) is 7.11. The molecule has 1 aliphatic carbocycles. The van der Waals surface area contributed by atoms with E-state index < -0.39 is 0 Å². The van der Waals surface area contributed by atoms with Crippen molar-refractivity contribution >= 4 is 6.09 Å². The highest BCUT2D eigenvalue weighted by atomic mass is 16.6. The van der Waals surface area contributed by atoms with Crippen LogP contribution in [0.5, 0.6) is 0 Å². The van der Waals surface area contributed by atoms with Gasteiger partial charge in [0.25, 0.3) is 0 Å². The number of rotatable bonds is 8. The van der Waals surface area contributed by atoms with Crippen molar-refractivity contribution in [3.05, 3.63) is 11.6 Å². The van der Waals surface area contributed by atoms with Crippen LogP contribution in [0.2, 0.25) is 0 Å². The monoisotopic (exact) mass is 515 g/mol. The Kier molecular flexibility index (Phi) is 7.38. The van der Waals surface area contributed by atoms with Gasteiger partial charge >= 0.3 is 6.09 Å². The first-order valence-corrected chi connectivity index (χ1v) is 14.2. The lowest BCUT2D eigenvalue weighted by Crippen LogP contribution is -2.57. The number of methoxy groups -OCH3 is 1. The van der Waals surface area contributed by atoms with E-state index in [1.807, 2.05) is 4.90 Å². The van der Waals surface area contributed by atoms with Crippen LogP contribution in [0.15, 0.2) is 11.6 Å². The Hall–Kier alpha value is -1.66. The molecule has 1 amide bonds. The molecule has 8 heteroatoms. The van der Waals surface area contributed by atoms with E-state index in [9.17, 15) is 10.1 Å². The van der Waals surface area contributed by atoms with Crippen LogP contribution < -0.4 is 0 Å². The number of hydrogen-bond donors (Lipinski definition) is 0. The Morgan fingerprint density at radius 3 is 2.49 bits per heavy atom. The Balaban J connectivity index is 1.10. The standard InChI is InChI=1S/C29H45N3O5/c1-20(2)6-7-23-28(4,37-23)25-24(34-5)22(8-10-29(25)19-35-29)36-26(33)32-16-21(17-32)9-13-31-14-11-27(3,18-30)12-15-31/h6,21-25H,7-17,19H2,1-5H3/t22-,23-,24-,25-,28+,29+/m1/s1. The van der Waals surface area contributed by atoms with Gasteiger partial charge in [-0.2, -0.15) is 5.26 Å². The highest BCUT2D eigenvalue weighted by molar-refractivity contribution is 5.69. The summed E-state index contributed by atoms with van der Waals surface area (Å²) in [5.41, 5.74) is 0.598. The Morgan fingerprint density at radius 1 is 1.19 bits per heavy atom. The molecule has 5 fully saturated rings. The number of carbonyl (C=O) groups is 1. The molecule has 37 heavy (non-hydrogen) atoms. The third-order valence-corrected chi connectivity index (χ3v) is 9.79. The fraction of sp³-hybridized carbons (Fsp3) is 0.862. The highest BCUT2D eigenvalue weighted by Crippen LogP contribution is 2.59. The quantitative estimate of drug-likeness (QED) is 0.354. The Morgan fingerprint density at radius 2 is 1.89 bits per heavy atom. The minimum absolute atomic E-state index is 0.0451. The summed E-state index contributed by atoms with van der Waals surface area (Å²) >= 11 is 0. The minimum Gasteiger partial charge on any atom is -0.443 e. The number of likely N-dealkylation sites (tertiary alicyclic amines) is 2. The molecule has 6 atom stereocenters. The number of epoxide rings is 2. The van der Waals surface area contributed by atoms with E-state index in [1.165, 1.54) is 5.57 Å². The molecule has 5 rings (SSSR count). The van der Waals surface area contributed by atoms with Crippen molar-refractivity contribution in [2.45, 2.75) is 95.7 Å². The topological polar surface area (TPSA) is 90.9 Å². The summed E-state index contributed by atoms with van der Waals surface area (Å²) < 4.78 is 24.4. The SMILES string of the molecule is CO[C@@H]1[C@H](OC(=O)N2CC(CCN3CCC(C)(C#N)CC3)C2)CC[C@]2(CO2)[C@H]1[C@@]1(C)O[C@@H]1CC=C(C)C. The zero-order valence-corrected chi connectivity index (χ0v) is 23.3. The maximum atomic E-state index is 13.0. The molecule has 0 aromatic heterocycles. The van der Waals surface area contributed by atoms with Gasteiger partial charge in [0, 0.05) is 20.2 Å². The number of allylic oxidation sites excluding steroid dienone is 1. The van der Waals surface area contributed by atoms with Crippen molar-refractivity contribution in [1.82, 2.24) is 9.80 Å². The van der Waals surface area contributed by atoms with Crippen molar-refractivity contribution in [2.24, 2.45) is 17.3 Å². The van der Waals surface area contributed by atoms with E-state index in [2.05, 4.69) is 44.7 Å². The molecule has 0 unspecified atom stereocenters. The van der Waals surface area contributed by atoms with E-state index >= 15 is 0 Å². The van der Waals surface area contributed by atoms with Crippen LogP contribution in [0.25, 0.3) is 0 Å². The predicted octanol–water partition coefficient (Wildman–Crippen LogP) is 4.15. The Bertz CT molecular complexity index is 924. The molecule has 0 N–H and O–H groups in total. The van der Waals surface area contributed by atoms with Crippen molar-refractivity contribution in [3.8, 4) is 6.07 Å². The minimum atomic E-state index is -0.324. The van der Waals surface area contributed by atoms with E-state index in [1.54, 1.807) is 7.11 Å². The third kappa shape index (κ3) is 5.43. The molecular weight excluding hydrogens is 470 g/mol. The summed E-state index contributed by atoms with van der Waals surface area (Å²) in [5.74, 6) is 0.565. The summed E-state index contributed by atoms with van der Waals surface area (Å²) in [6.45, 7) is 13.7. The van der Waals surface area contributed by atoms with Crippen LogP contribution in [0.4, 0.5) is 4.79 Å². The van der Waals surface area contributed by atoms with E-state index in [-0.39, 0.29) is 46.9 Å². The molecule has 206 valence electrons. The van der Waals surface area contributed by atoms with Crippen molar-refractivity contribution in [3.63, 3.8) is 0 Å². The summed E-state index contributed by atoms with van der Waals surface area (Å²) in [6, 6.07) is 2.47. The third-order valence-electron chi connectivity index (χ3n) is 9.79. The number of ether oxygens (including phenoxy) is 4. The zero-order chi connectivity index (χ0) is 26.4. The van der Waals surface area contributed by atoms with Gasteiger partial charge in [-0.3, -0.25) is 0 Å². The lowest BCUT2D eigenvalue weighted by molar-refractivity contribution is -0.124. The van der Waals surface area contributed by atoms with Gasteiger partial charge in [-0.25, -0.2) is 4.79 Å². The number of carbonyl (C=O) groups excluding carboxylic acids is 1. The van der Waals surface area contributed by atoms with Crippen LogP contribution in [0, 0.1) is 28.6 Å². The van der Waals surface area contributed by atoms with Gasteiger partial charge in [0.15, 0.2) is 0 Å². The van der Waals surface area contributed by atoms with Gasteiger partial charge in [0.1, 0.15) is 23.4 Å². The van der Waals surface area contributed by atoms with Crippen molar-refractivity contribution in [1.29, 1.82) is 5.26 Å². The van der Waals surface area contributed by atoms with Gasteiger partial charge in [-0.15, -0.1) is 0 Å². The fourth-order valence-electron chi connectivity index (χ4n) is 6.92. The van der Waals surface area contributed by atoms with Gasteiger partial charge in [-0.05, 0) is 91.8 Å². The van der Waals surface area contributed by atoms with Crippen LogP contribution in [0.1, 0.15) is 66.2 Å². The molecule has 1 spiro atoms. The summed E-state index contributed by atoms with van der Waals surface area (Å²) in [4.78, 5) is 17.3. The zero-order valence-electron chi connectivity index (χ0n) is 23.3. The number of nitriles is 1. The van der Waals surface area contributed by atoms with Crippen LogP contribution >= 0.6 is 0 Å². The van der Waals surface area contributed by atoms with Crippen molar-refractivity contribution < 1.29 is 23.7 Å². The lowest BCUT2D eigenvalue weighted by Gasteiger charge is -2.45. The second-order valence-electron chi connectivity index (χ2n) is 12.9. The van der Waals surface area contributed by atoms with Gasteiger partial charge in [-0.1, -0.05) is 11.6 Å². The predicted molar refractivity (Wildman–Crippen MR) is 139 cm³/mol. The largest absolute Gasteiger partial charge is 0.443 e. The molecular formula is C29H45N3O5. The number of nitrogens with zero attached hydrogens (tertiary/aromatic N) is 3. The summed E-state index contributed by atoms with van der Waals surface area (Å²) in [5, 5.41) is 9.33. The molecule has 1 saturated carbocycles. The van der Waals surface area contributed by atoms with Gasteiger partial charge in [0.05, 0.1) is 30.1 Å². The molecule has 0 aromatic rings. The first-order valence-electron chi connectivity index (χ1n) is 14.2. The first-order chi connectivity index (χ1) is 17.6. The smallest absolute Gasteiger partial charge is 0.410 e. The van der Waals surface area contributed by atoms with Crippen LogP contribution in [0.3, 0.4) is 0 Å². The van der Waals surface area contributed by atoms with E-state index in [4.69, 9.17) is 18.9 Å². The second-order valence-corrected chi connectivity index (χ2v) is 12.9. The lowest BCUT2D eigenvalue weighted by atomic mass is 9.68. The van der Waals surface area contributed by atoms with E-state index in [0.29, 0.717) is 5.92 Å². The maximum Gasteiger partial charge on any atom is 0.410 e. The first kappa shape index (κ1) is 26.9. The normalized spacial score (nSPS) is 39.0. The number of hydrogen-bond acceptors (Lipinski definition) is 7. The fourth-order valence-corrected chi connectivity index (χ4v) is 6.92. The number of piperidine rings is 1. The second kappa shape index (κ2) is 10.1. The van der Waals surface area contributed by atoms with E-state index in [0.717, 1.165) is 77.9 Å². The molecule has 0 bridgehead atoms. The summed E-state index contributed by atoms with van der Waals surface area (Å²) in [7, 11) is 1.72. The number of amides is 1. The molecule has 8 nitrogen and oxygen atoms in total. The molecule has 0 aromatic carbocycles. The molecule has 4 saturated heterocycles. The highest BCUT2D eigenvalue weighted by Gasteiger charge is 2.72. The maximum absolute atomic E-state index is 13.0. The average Bonchev–Trinajstić information content (AvgIpc) is 3.76. The molecule has 0 radical (unpaired) electrons. The molecule has 4 heterocycles.